The normalized spacial score (nSPS) is 11.2. The van der Waals surface area contributed by atoms with Crippen molar-refractivity contribution in [1.29, 1.82) is 0 Å². The highest BCUT2D eigenvalue weighted by molar-refractivity contribution is 5.81. The van der Waals surface area contributed by atoms with Crippen LogP contribution in [-0.2, 0) is 0 Å². The van der Waals surface area contributed by atoms with E-state index in [0.717, 1.165) is 6.54 Å². The third kappa shape index (κ3) is 5.18. The number of hydrogen-bond donors (Lipinski definition) is 1. The number of rotatable bonds is 9. The highest BCUT2D eigenvalue weighted by atomic mass is 19.1. The smallest absolute Gasteiger partial charge is 0.294 e. The van der Waals surface area contributed by atoms with Gasteiger partial charge in [-0.15, -0.1) is 0 Å². The van der Waals surface area contributed by atoms with E-state index in [1.807, 2.05) is 19.0 Å². The molecular weight excluding hydrogens is 469 g/mol. The van der Waals surface area contributed by atoms with Gasteiger partial charge < -0.3 is 24.3 Å². The lowest BCUT2D eigenvalue weighted by atomic mass is 10.1. The second kappa shape index (κ2) is 10.1. The number of benzene rings is 2. The van der Waals surface area contributed by atoms with Gasteiger partial charge in [-0.25, -0.2) is 19.3 Å². The van der Waals surface area contributed by atoms with Crippen LogP contribution in [0.4, 0.5) is 27.4 Å². The molecule has 0 amide bonds. The zero-order valence-corrected chi connectivity index (χ0v) is 20.6. The summed E-state index contributed by atoms with van der Waals surface area (Å²) in [6.07, 6.45) is 1.51. The Labute approximate surface area is 206 Å². The SMILES string of the molecule is COc1cc(N(C)CCN(C)C)c([N+](=O)[O-])cc1Nc1nccc(-c2cc(F)c3oc(C)nc3c2)n1. The number of oxazole rings is 1. The number of nitro benzene ring substituents is 1. The third-order valence-electron chi connectivity index (χ3n) is 5.54. The van der Waals surface area contributed by atoms with Crippen molar-refractivity contribution in [3.8, 4) is 17.0 Å². The molecule has 0 fully saturated rings. The highest BCUT2D eigenvalue weighted by Crippen LogP contribution is 2.39. The maximum Gasteiger partial charge on any atom is 0.294 e. The quantitative estimate of drug-likeness (QED) is 0.264. The Balaban J connectivity index is 1.68. The molecule has 0 saturated carbocycles. The van der Waals surface area contributed by atoms with E-state index in [0.29, 0.717) is 46.3 Å². The van der Waals surface area contributed by atoms with Gasteiger partial charge in [0.15, 0.2) is 17.3 Å². The molecule has 1 N–H and O–H groups in total. The number of aromatic nitrogens is 3. The number of halogens is 1. The molecule has 0 aliphatic carbocycles. The molecule has 0 unspecified atom stereocenters. The number of likely N-dealkylation sites (N-methyl/N-ethyl adjacent to an activating group) is 2. The summed E-state index contributed by atoms with van der Waals surface area (Å²) < 4.78 is 25.3. The number of fused-ring (bicyclic) bond motifs is 1. The molecule has 4 aromatic rings. The van der Waals surface area contributed by atoms with Crippen LogP contribution in [0.5, 0.6) is 5.75 Å². The van der Waals surface area contributed by atoms with Gasteiger partial charge in [0.2, 0.25) is 5.95 Å². The van der Waals surface area contributed by atoms with E-state index in [-0.39, 0.29) is 17.2 Å². The van der Waals surface area contributed by atoms with E-state index < -0.39 is 10.7 Å². The molecular formula is C24H26FN7O4. The second-order valence-electron chi connectivity index (χ2n) is 8.45. The molecule has 11 nitrogen and oxygen atoms in total. The molecule has 0 aliphatic heterocycles. The molecule has 188 valence electrons. The van der Waals surface area contributed by atoms with Crippen molar-refractivity contribution < 1.29 is 18.5 Å². The predicted molar refractivity (Wildman–Crippen MR) is 134 cm³/mol. The van der Waals surface area contributed by atoms with Gasteiger partial charge >= 0.3 is 0 Å². The Kier molecular flexibility index (Phi) is 6.97. The van der Waals surface area contributed by atoms with Gasteiger partial charge in [-0.3, -0.25) is 10.1 Å². The van der Waals surface area contributed by atoms with E-state index >= 15 is 0 Å². The summed E-state index contributed by atoms with van der Waals surface area (Å²) in [5, 5.41) is 14.9. The molecule has 36 heavy (non-hydrogen) atoms. The van der Waals surface area contributed by atoms with Crippen LogP contribution in [-0.4, -0.2) is 66.1 Å². The third-order valence-corrected chi connectivity index (χ3v) is 5.54. The zero-order valence-electron chi connectivity index (χ0n) is 20.6. The predicted octanol–water partition coefficient (Wildman–Crippen LogP) is 4.39. The number of nitro groups is 1. The average molecular weight is 496 g/mol. The number of ether oxygens (including phenoxy) is 1. The van der Waals surface area contributed by atoms with Gasteiger partial charge in [-0.1, -0.05) is 0 Å². The first-order chi connectivity index (χ1) is 17.2. The van der Waals surface area contributed by atoms with Crippen molar-refractivity contribution in [2.75, 3.05) is 51.6 Å². The van der Waals surface area contributed by atoms with Crippen molar-refractivity contribution in [3.63, 3.8) is 0 Å². The van der Waals surface area contributed by atoms with Gasteiger partial charge in [-0.05, 0) is 32.3 Å². The molecule has 0 spiro atoms. The Morgan fingerprint density at radius 3 is 2.64 bits per heavy atom. The van der Waals surface area contributed by atoms with Gasteiger partial charge in [0, 0.05) is 51.0 Å². The summed E-state index contributed by atoms with van der Waals surface area (Å²) in [7, 11) is 7.13. The molecule has 0 atom stereocenters. The fourth-order valence-corrected chi connectivity index (χ4v) is 3.70. The van der Waals surface area contributed by atoms with Crippen LogP contribution in [0.3, 0.4) is 0 Å². The van der Waals surface area contributed by atoms with Crippen LogP contribution >= 0.6 is 0 Å². The first-order valence-electron chi connectivity index (χ1n) is 11.1. The van der Waals surface area contributed by atoms with E-state index in [4.69, 9.17) is 9.15 Å². The summed E-state index contributed by atoms with van der Waals surface area (Å²) in [6, 6.07) is 7.60. The second-order valence-corrected chi connectivity index (χ2v) is 8.45. The summed E-state index contributed by atoms with van der Waals surface area (Å²) in [5.41, 5.74) is 2.02. The maximum atomic E-state index is 14.5. The first kappa shape index (κ1) is 24.8. The van der Waals surface area contributed by atoms with Crippen LogP contribution in [0.25, 0.3) is 22.4 Å². The van der Waals surface area contributed by atoms with Crippen molar-refractivity contribution in [3.05, 3.63) is 58.4 Å². The van der Waals surface area contributed by atoms with E-state index in [2.05, 4.69) is 20.3 Å². The topological polar surface area (TPSA) is 123 Å². The van der Waals surface area contributed by atoms with Crippen LogP contribution < -0.4 is 15.0 Å². The molecule has 2 aromatic carbocycles. The Bertz CT molecular complexity index is 1420. The average Bonchev–Trinajstić information content (AvgIpc) is 3.23. The Hall–Kier alpha value is -4.32. The summed E-state index contributed by atoms with van der Waals surface area (Å²) in [5.74, 6) is 0.343. The fraction of sp³-hybridized carbons (Fsp3) is 0.292. The first-order valence-corrected chi connectivity index (χ1v) is 11.1. The summed E-state index contributed by atoms with van der Waals surface area (Å²) in [4.78, 5) is 28.1. The lowest BCUT2D eigenvalue weighted by molar-refractivity contribution is -0.384. The Morgan fingerprint density at radius 2 is 1.94 bits per heavy atom. The zero-order chi connectivity index (χ0) is 26.0. The highest BCUT2D eigenvalue weighted by Gasteiger charge is 2.22. The molecule has 2 heterocycles. The van der Waals surface area contributed by atoms with Gasteiger partial charge in [0.05, 0.1) is 23.4 Å². The van der Waals surface area contributed by atoms with Crippen molar-refractivity contribution in [1.82, 2.24) is 19.9 Å². The van der Waals surface area contributed by atoms with Crippen LogP contribution in [0.15, 0.2) is 40.9 Å². The van der Waals surface area contributed by atoms with Crippen molar-refractivity contribution in [2.24, 2.45) is 0 Å². The number of aryl methyl sites for hydroxylation is 1. The molecule has 0 saturated heterocycles. The standard InChI is InChI=1S/C24H26FN7O4/c1-14-27-19-11-15(10-16(25)23(19)36-14)17-6-7-26-24(28-17)29-18-12-21(32(33)34)20(13-22(18)35-5)31(4)9-8-30(2)3/h6-7,10-13H,8-9H2,1-5H3,(H,26,28,29). The maximum absolute atomic E-state index is 14.5. The lowest BCUT2D eigenvalue weighted by Gasteiger charge is -2.22. The molecule has 0 radical (unpaired) electrons. The van der Waals surface area contributed by atoms with Gasteiger partial charge in [0.1, 0.15) is 17.0 Å². The molecule has 0 aliphatic rings. The van der Waals surface area contributed by atoms with Crippen molar-refractivity contribution >= 4 is 34.1 Å². The Morgan fingerprint density at radius 1 is 1.17 bits per heavy atom. The molecule has 12 heteroatoms. The lowest BCUT2D eigenvalue weighted by Crippen LogP contribution is -2.28. The number of nitrogens with zero attached hydrogens (tertiary/aromatic N) is 6. The minimum Gasteiger partial charge on any atom is -0.494 e. The van der Waals surface area contributed by atoms with E-state index in [9.17, 15) is 14.5 Å². The minimum absolute atomic E-state index is 0.0799. The summed E-state index contributed by atoms with van der Waals surface area (Å²) >= 11 is 0. The number of anilines is 3. The molecule has 2 aromatic heterocycles. The van der Waals surface area contributed by atoms with Gasteiger partial charge in [-0.2, -0.15) is 0 Å². The fourth-order valence-electron chi connectivity index (χ4n) is 3.70. The number of hydrogen-bond acceptors (Lipinski definition) is 10. The van der Waals surface area contributed by atoms with Crippen LogP contribution in [0.1, 0.15) is 5.89 Å². The summed E-state index contributed by atoms with van der Waals surface area (Å²) in [6.45, 7) is 2.95. The molecule has 4 rings (SSSR count). The number of nitrogens with one attached hydrogen (secondary N) is 1. The largest absolute Gasteiger partial charge is 0.494 e. The van der Waals surface area contributed by atoms with E-state index in [1.54, 1.807) is 37.1 Å². The monoisotopic (exact) mass is 495 g/mol. The van der Waals surface area contributed by atoms with Crippen LogP contribution in [0.2, 0.25) is 0 Å². The van der Waals surface area contributed by atoms with Gasteiger partial charge in [0.25, 0.3) is 5.69 Å². The minimum atomic E-state index is -0.553. The van der Waals surface area contributed by atoms with Crippen LogP contribution in [0, 0.1) is 22.9 Å². The van der Waals surface area contributed by atoms with E-state index in [1.165, 1.54) is 25.4 Å². The number of methoxy groups -OCH3 is 1. The molecule has 0 bridgehead atoms. The van der Waals surface area contributed by atoms with Crippen molar-refractivity contribution in [2.45, 2.75) is 6.92 Å².